The fourth-order valence-electron chi connectivity index (χ4n) is 2.03. The maximum absolute atomic E-state index is 10.3. The first kappa shape index (κ1) is 10.1. The molecule has 0 bridgehead atoms. The molecule has 2 N–H and O–H groups in total. The van der Waals surface area contributed by atoms with Gasteiger partial charge in [0, 0.05) is 13.0 Å². The maximum atomic E-state index is 10.3. The molecule has 0 radical (unpaired) electrons. The summed E-state index contributed by atoms with van der Waals surface area (Å²) in [7, 11) is 0. The lowest BCUT2D eigenvalue weighted by molar-refractivity contribution is 0.0169. The van der Waals surface area contributed by atoms with Crippen LogP contribution in [0.5, 0.6) is 0 Å². The monoisotopic (exact) mass is 211 g/mol. The second-order valence-electron chi connectivity index (χ2n) is 4.26. The smallest absolute Gasteiger partial charge is 0.0812 e. The first-order valence-electron chi connectivity index (χ1n) is 5.14. The van der Waals surface area contributed by atoms with Crippen molar-refractivity contribution in [1.82, 2.24) is 5.32 Å². The van der Waals surface area contributed by atoms with Gasteiger partial charge in [-0.2, -0.15) is 11.3 Å². The van der Waals surface area contributed by atoms with E-state index in [0.717, 1.165) is 32.4 Å². The molecule has 1 aliphatic heterocycles. The van der Waals surface area contributed by atoms with Gasteiger partial charge in [0.15, 0.2) is 0 Å². The summed E-state index contributed by atoms with van der Waals surface area (Å²) in [6.07, 6.45) is 2.81. The van der Waals surface area contributed by atoms with Crippen molar-refractivity contribution in [2.45, 2.75) is 31.8 Å². The second-order valence-corrected chi connectivity index (χ2v) is 5.01. The summed E-state index contributed by atoms with van der Waals surface area (Å²) in [5, 5.41) is 17.9. The van der Waals surface area contributed by atoms with E-state index in [1.165, 1.54) is 11.1 Å². The number of β-amino-alcohol motifs (C(OH)–C–C–N with tert-alkyl or cyclic N) is 1. The van der Waals surface area contributed by atoms with E-state index in [2.05, 4.69) is 23.0 Å². The summed E-state index contributed by atoms with van der Waals surface area (Å²) in [6.45, 7) is 3.90. The SMILES string of the molecule is Cc1cscc1CC1(O)CCCNC1. The van der Waals surface area contributed by atoms with Crippen LogP contribution in [0.15, 0.2) is 10.8 Å². The minimum absolute atomic E-state index is 0.510. The number of hydrogen-bond acceptors (Lipinski definition) is 3. The summed E-state index contributed by atoms with van der Waals surface area (Å²) in [4.78, 5) is 0. The maximum Gasteiger partial charge on any atom is 0.0812 e. The van der Waals surface area contributed by atoms with Crippen LogP contribution in [0.2, 0.25) is 0 Å². The molecule has 1 atom stereocenters. The molecule has 1 aromatic rings. The summed E-state index contributed by atoms with van der Waals surface area (Å²) in [5.74, 6) is 0. The molecule has 2 heterocycles. The molecule has 0 saturated carbocycles. The Balaban J connectivity index is 2.05. The zero-order valence-corrected chi connectivity index (χ0v) is 9.36. The molecule has 2 nitrogen and oxygen atoms in total. The molecule has 2 rings (SSSR count). The predicted molar refractivity (Wildman–Crippen MR) is 59.8 cm³/mol. The third-order valence-electron chi connectivity index (χ3n) is 2.93. The van der Waals surface area contributed by atoms with Gasteiger partial charge in [-0.1, -0.05) is 0 Å². The van der Waals surface area contributed by atoms with Gasteiger partial charge in [-0.3, -0.25) is 0 Å². The molecular weight excluding hydrogens is 194 g/mol. The summed E-state index contributed by atoms with van der Waals surface area (Å²) in [5.41, 5.74) is 2.11. The molecule has 78 valence electrons. The normalized spacial score (nSPS) is 27.9. The minimum atomic E-state index is -0.510. The van der Waals surface area contributed by atoms with Gasteiger partial charge in [-0.15, -0.1) is 0 Å². The van der Waals surface area contributed by atoms with Crippen molar-refractivity contribution in [3.05, 3.63) is 21.9 Å². The molecule has 0 aromatic carbocycles. The number of nitrogens with one attached hydrogen (secondary N) is 1. The highest BCUT2D eigenvalue weighted by Crippen LogP contribution is 2.24. The van der Waals surface area contributed by atoms with Crippen LogP contribution in [0.25, 0.3) is 0 Å². The quantitative estimate of drug-likeness (QED) is 0.780. The van der Waals surface area contributed by atoms with Crippen molar-refractivity contribution in [3.8, 4) is 0 Å². The number of thiophene rings is 1. The molecule has 1 aromatic heterocycles. The van der Waals surface area contributed by atoms with Crippen LogP contribution in [0.1, 0.15) is 24.0 Å². The second kappa shape index (κ2) is 4.01. The Kier molecular flexibility index (Phi) is 2.91. The van der Waals surface area contributed by atoms with E-state index in [1.54, 1.807) is 11.3 Å². The lowest BCUT2D eigenvalue weighted by Crippen LogP contribution is -2.47. The van der Waals surface area contributed by atoms with Gasteiger partial charge in [0.25, 0.3) is 0 Å². The fraction of sp³-hybridized carbons (Fsp3) is 0.636. The third kappa shape index (κ3) is 2.16. The Morgan fingerprint density at radius 3 is 3.00 bits per heavy atom. The van der Waals surface area contributed by atoms with Crippen LogP contribution in [-0.4, -0.2) is 23.8 Å². The number of aliphatic hydroxyl groups is 1. The van der Waals surface area contributed by atoms with E-state index in [1.807, 2.05) is 0 Å². The van der Waals surface area contributed by atoms with E-state index in [-0.39, 0.29) is 0 Å². The van der Waals surface area contributed by atoms with Crippen molar-refractivity contribution in [2.75, 3.05) is 13.1 Å². The van der Waals surface area contributed by atoms with Crippen molar-refractivity contribution in [2.24, 2.45) is 0 Å². The van der Waals surface area contributed by atoms with Gasteiger partial charge in [-0.25, -0.2) is 0 Å². The van der Waals surface area contributed by atoms with E-state index in [9.17, 15) is 5.11 Å². The number of piperidine rings is 1. The summed E-state index contributed by atoms with van der Waals surface area (Å²) in [6, 6.07) is 0. The molecule has 1 aliphatic rings. The number of hydrogen-bond donors (Lipinski definition) is 2. The van der Waals surface area contributed by atoms with Gasteiger partial charge in [-0.05, 0) is 48.2 Å². The van der Waals surface area contributed by atoms with Crippen molar-refractivity contribution in [1.29, 1.82) is 0 Å². The molecule has 3 heteroatoms. The standard InChI is InChI=1S/C11H17NOS/c1-9-6-14-7-10(9)5-11(13)3-2-4-12-8-11/h6-7,12-13H,2-5,8H2,1H3. The summed E-state index contributed by atoms with van der Waals surface area (Å²) < 4.78 is 0. The first-order chi connectivity index (χ1) is 6.70. The van der Waals surface area contributed by atoms with Crippen LogP contribution < -0.4 is 5.32 Å². The molecule has 1 saturated heterocycles. The van der Waals surface area contributed by atoms with E-state index >= 15 is 0 Å². The van der Waals surface area contributed by atoms with Gasteiger partial charge in [0.1, 0.15) is 0 Å². The average molecular weight is 211 g/mol. The van der Waals surface area contributed by atoms with Crippen LogP contribution in [0.3, 0.4) is 0 Å². The van der Waals surface area contributed by atoms with Gasteiger partial charge in [0.2, 0.25) is 0 Å². The Morgan fingerprint density at radius 1 is 1.57 bits per heavy atom. The average Bonchev–Trinajstić information content (AvgIpc) is 2.52. The molecule has 0 aliphatic carbocycles. The molecule has 0 amide bonds. The van der Waals surface area contributed by atoms with E-state index < -0.39 is 5.60 Å². The first-order valence-corrected chi connectivity index (χ1v) is 6.09. The van der Waals surface area contributed by atoms with Crippen molar-refractivity contribution < 1.29 is 5.11 Å². The Hall–Kier alpha value is -0.380. The van der Waals surface area contributed by atoms with Crippen LogP contribution in [0.4, 0.5) is 0 Å². The largest absolute Gasteiger partial charge is 0.388 e. The fourth-order valence-corrected chi connectivity index (χ4v) is 2.88. The minimum Gasteiger partial charge on any atom is -0.388 e. The van der Waals surface area contributed by atoms with Gasteiger partial charge >= 0.3 is 0 Å². The van der Waals surface area contributed by atoms with Gasteiger partial charge in [0.05, 0.1) is 5.60 Å². The zero-order valence-electron chi connectivity index (χ0n) is 8.55. The summed E-state index contributed by atoms with van der Waals surface area (Å²) >= 11 is 1.72. The highest BCUT2D eigenvalue weighted by Gasteiger charge is 2.29. The molecule has 1 unspecified atom stereocenters. The van der Waals surface area contributed by atoms with Crippen molar-refractivity contribution in [3.63, 3.8) is 0 Å². The molecule has 0 spiro atoms. The van der Waals surface area contributed by atoms with Gasteiger partial charge < -0.3 is 10.4 Å². The molecular formula is C11H17NOS. The lowest BCUT2D eigenvalue weighted by atomic mass is 9.87. The zero-order chi connectivity index (χ0) is 10.0. The van der Waals surface area contributed by atoms with Crippen LogP contribution >= 0.6 is 11.3 Å². The van der Waals surface area contributed by atoms with Crippen molar-refractivity contribution >= 4 is 11.3 Å². The Morgan fingerprint density at radius 2 is 2.43 bits per heavy atom. The highest BCUT2D eigenvalue weighted by molar-refractivity contribution is 7.08. The highest BCUT2D eigenvalue weighted by atomic mass is 32.1. The van der Waals surface area contributed by atoms with E-state index in [4.69, 9.17) is 0 Å². The number of aryl methyl sites for hydroxylation is 1. The third-order valence-corrected chi connectivity index (χ3v) is 3.84. The Bertz CT molecular complexity index is 302. The predicted octanol–water partition coefficient (Wildman–Crippen LogP) is 1.71. The lowest BCUT2D eigenvalue weighted by Gasteiger charge is -2.32. The van der Waals surface area contributed by atoms with E-state index in [0.29, 0.717) is 0 Å². The topological polar surface area (TPSA) is 32.3 Å². The molecule has 14 heavy (non-hydrogen) atoms. The van der Waals surface area contributed by atoms with Crippen LogP contribution in [-0.2, 0) is 6.42 Å². The number of rotatable bonds is 2. The Labute approximate surface area is 89.0 Å². The van der Waals surface area contributed by atoms with Crippen LogP contribution in [0, 0.1) is 6.92 Å². The molecule has 1 fully saturated rings.